The minimum absolute atomic E-state index is 0.0116. The van der Waals surface area contributed by atoms with Crippen molar-refractivity contribution in [1.82, 2.24) is 5.32 Å². The summed E-state index contributed by atoms with van der Waals surface area (Å²) in [6, 6.07) is 7.15. The highest BCUT2D eigenvalue weighted by Crippen LogP contribution is 2.29. The lowest BCUT2D eigenvalue weighted by Crippen LogP contribution is -2.45. The number of amides is 2. The first-order valence-electron chi connectivity index (χ1n) is 7.29. The van der Waals surface area contributed by atoms with E-state index in [2.05, 4.69) is 5.32 Å². The van der Waals surface area contributed by atoms with Crippen LogP contribution < -0.4 is 11.1 Å². The van der Waals surface area contributed by atoms with Gasteiger partial charge in [0.1, 0.15) is 6.04 Å². The van der Waals surface area contributed by atoms with Gasteiger partial charge in [-0.05, 0) is 42.0 Å². The van der Waals surface area contributed by atoms with Crippen molar-refractivity contribution in [3.8, 4) is 0 Å². The van der Waals surface area contributed by atoms with Crippen LogP contribution in [0.3, 0.4) is 0 Å². The Morgan fingerprint density at radius 3 is 2.19 bits per heavy atom. The van der Waals surface area contributed by atoms with E-state index in [1.165, 1.54) is 6.07 Å². The van der Waals surface area contributed by atoms with E-state index in [4.69, 9.17) is 28.9 Å². The zero-order valence-corrected chi connectivity index (χ0v) is 14.6. The average Bonchev–Trinajstić information content (AvgIpc) is 2.55. The number of nitrogens with one attached hydrogen (secondary N) is 1. The Labute approximate surface area is 157 Å². The first-order valence-corrected chi connectivity index (χ1v) is 8.05. The number of nitrogens with two attached hydrogens (primary N) is 1. The second kappa shape index (κ2) is 7.97. The van der Waals surface area contributed by atoms with Gasteiger partial charge in [0.05, 0.1) is 5.56 Å². The molecule has 2 rings (SSSR count). The van der Waals surface area contributed by atoms with E-state index >= 15 is 0 Å². The molecule has 26 heavy (non-hydrogen) atoms. The number of benzene rings is 2. The lowest BCUT2D eigenvalue weighted by molar-refractivity contribution is -0.137. The van der Waals surface area contributed by atoms with Crippen LogP contribution in [0, 0.1) is 0 Å². The maximum absolute atomic E-state index is 12.6. The van der Waals surface area contributed by atoms with Crippen molar-refractivity contribution in [2.75, 3.05) is 0 Å². The van der Waals surface area contributed by atoms with E-state index in [0.717, 1.165) is 24.3 Å². The highest BCUT2D eigenvalue weighted by molar-refractivity contribution is 6.35. The SMILES string of the molecule is NC(=O)[C@H](Cc1ccc(Cl)cc1Cl)NC(=O)c1ccc(C(F)(F)F)cc1. The third-order valence-corrected chi connectivity index (χ3v) is 4.15. The van der Waals surface area contributed by atoms with Gasteiger partial charge in [-0.2, -0.15) is 13.2 Å². The van der Waals surface area contributed by atoms with Crippen LogP contribution in [-0.4, -0.2) is 17.9 Å². The molecule has 0 bridgehead atoms. The van der Waals surface area contributed by atoms with Gasteiger partial charge >= 0.3 is 6.18 Å². The molecule has 0 saturated carbocycles. The summed E-state index contributed by atoms with van der Waals surface area (Å²) >= 11 is 11.8. The van der Waals surface area contributed by atoms with Gasteiger partial charge in [-0.25, -0.2) is 0 Å². The Balaban J connectivity index is 2.14. The lowest BCUT2D eigenvalue weighted by Gasteiger charge is -2.17. The largest absolute Gasteiger partial charge is 0.416 e. The predicted octanol–water partition coefficient (Wildman–Crippen LogP) is 3.84. The van der Waals surface area contributed by atoms with Gasteiger partial charge in [-0.15, -0.1) is 0 Å². The minimum atomic E-state index is -4.50. The van der Waals surface area contributed by atoms with E-state index in [1.54, 1.807) is 12.1 Å². The molecule has 0 fully saturated rings. The second-order valence-electron chi connectivity index (χ2n) is 5.44. The van der Waals surface area contributed by atoms with E-state index < -0.39 is 29.6 Å². The van der Waals surface area contributed by atoms with Gasteiger partial charge in [-0.1, -0.05) is 29.3 Å². The fraction of sp³-hybridized carbons (Fsp3) is 0.176. The molecule has 0 aromatic heterocycles. The summed E-state index contributed by atoms with van der Waals surface area (Å²) in [6.07, 6.45) is -4.49. The summed E-state index contributed by atoms with van der Waals surface area (Å²) in [6.45, 7) is 0. The molecule has 0 aliphatic heterocycles. The smallest absolute Gasteiger partial charge is 0.368 e. The highest BCUT2D eigenvalue weighted by atomic mass is 35.5. The maximum atomic E-state index is 12.6. The third kappa shape index (κ3) is 5.12. The summed E-state index contributed by atoms with van der Waals surface area (Å²) in [5.41, 5.74) is 4.92. The Hall–Kier alpha value is -2.25. The predicted molar refractivity (Wildman–Crippen MR) is 92.1 cm³/mol. The van der Waals surface area contributed by atoms with Crippen LogP contribution >= 0.6 is 23.2 Å². The Bertz CT molecular complexity index is 824. The Morgan fingerprint density at radius 2 is 1.69 bits per heavy atom. The number of carbonyl (C=O) groups excluding carboxylic acids is 2. The average molecular weight is 405 g/mol. The molecule has 0 aliphatic carbocycles. The van der Waals surface area contributed by atoms with Crippen molar-refractivity contribution >= 4 is 35.0 Å². The fourth-order valence-electron chi connectivity index (χ4n) is 2.18. The van der Waals surface area contributed by atoms with Gasteiger partial charge in [0, 0.05) is 22.0 Å². The van der Waals surface area contributed by atoms with E-state index in [9.17, 15) is 22.8 Å². The zero-order valence-electron chi connectivity index (χ0n) is 13.1. The van der Waals surface area contributed by atoms with Crippen LogP contribution in [0.4, 0.5) is 13.2 Å². The molecule has 0 radical (unpaired) electrons. The van der Waals surface area contributed by atoms with Gasteiger partial charge in [0.15, 0.2) is 0 Å². The first kappa shape index (κ1) is 20.1. The molecule has 4 nitrogen and oxygen atoms in total. The van der Waals surface area contributed by atoms with Gasteiger partial charge in [-0.3, -0.25) is 9.59 Å². The molecule has 2 aromatic carbocycles. The number of carbonyl (C=O) groups is 2. The standard InChI is InChI=1S/C17H13Cl2F3N2O2/c18-12-6-3-10(13(19)8-12)7-14(15(23)25)24-16(26)9-1-4-11(5-2-9)17(20,21)22/h1-6,8,14H,7H2,(H2,23,25)(H,24,26)/t14-/m0/s1. The highest BCUT2D eigenvalue weighted by Gasteiger charge is 2.30. The van der Waals surface area contributed by atoms with Crippen LogP contribution in [0.15, 0.2) is 42.5 Å². The Kier molecular flexibility index (Phi) is 6.15. The van der Waals surface area contributed by atoms with Crippen molar-refractivity contribution in [3.63, 3.8) is 0 Å². The summed E-state index contributed by atoms with van der Waals surface area (Å²) in [4.78, 5) is 23.8. The molecular weight excluding hydrogens is 392 g/mol. The molecule has 0 spiro atoms. The topological polar surface area (TPSA) is 72.2 Å². The molecule has 138 valence electrons. The number of alkyl halides is 3. The fourth-order valence-corrected chi connectivity index (χ4v) is 2.67. The van der Waals surface area contributed by atoms with Crippen molar-refractivity contribution in [2.24, 2.45) is 5.73 Å². The van der Waals surface area contributed by atoms with Crippen molar-refractivity contribution in [2.45, 2.75) is 18.6 Å². The molecule has 0 heterocycles. The molecule has 0 aliphatic rings. The molecule has 2 aromatic rings. The number of rotatable bonds is 5. The van der Waals surface area contributed by atoms with Gasteiger partial charge < -0.3 is 11.1 Å². The van der Waals surface area contributed by atoms with Crippen LogP contribution in [0.5, 0.6) is 0 Å². The quantitative estimate of drug-likeness (QED) is 0.794. The molecule has 9 heteroatoms. The molecule has 3 N–H and O–H groups in total. The third-order valence-electron chi connectivity index (χ3n) is 3.56. The van der Waals surface area contributed by atoms with Crippen molar-refractivity contribution in [1.29, 1.82) is 0 Å². The summed E-state index contributed by atoms with van der Waals surface area (Å²) < 4.78 is 37.7. The van der Waals surface area contributed by atoms with Crippen LogP contribution in [0.1, 0.15) is 21.5 Å². The van der Waals surface area contributed by atoms with E-state index in [-0.39, 0.29) is 12.0 Å². The van der Waals surface area contributed by atoms with Crippen LogP contribution in [-0.2, 0) is 17.4 Å². The number of halogens is 5. The second-order valence-corrected chi connectivity index (χ2v) is 6.29. The number of primary amides is 1. The van der Waals surface area contributed by atoms with E-state index in [1.807, 2.05) is 0 Å². The van der Waals surface area contributed by atoms with Crippen LogP contribution in [0.25, 0.3) is 0 Å². The van der Waals surface area contributed by atoms with Crippen molar-refractivity contribution in [3.05, 3.63) is 69.2 Å². The maximum Gasteiger partial charge on any atom is 0.416 e. The van der Waals surface area contributed by atoms with Gasteiger partial charge in [0.2, 0.25) is 5.91 Å². The molecule has 0 unspecified atom stereocenters. The zero-order chi connectivity index (χ0) is 19.5. The number of hydrogen-bond donors (Lipinski definition) is 2. The van der Waals surface area contributed by atoms with Crippen LogP contribution in [0.2, 0.25) is 10.0 Å². The molecule has 0 saturated heterocycles. The van der Waals surface area contributed by atoms with Crippen molar-refractivity contribution < 1.29 is 22.8 Å². The molecule has 2 amide bonds. The summed E-state index contributed by atoms with van der Waals surface area (Å²) in [5, 5.41) is 3.10. The normalized spacial score (nSPS) is 12.5. The van der Waals surface area contributed by atoms with Gasteiger partial charge in [0.25, 0.3) is 5.91 Å². The molecule has 1 atom stereocenters. The number of hydrogen-bond acceptors (Lipinski definition) is 2. The lowest BCUT2D eigenvalue weighted by atomic mass is 10.0. The Morgan fingerprint density at radius 1 is 1.08 bits per heavy atom. The summed E-state index contributed by atoms with van der Waals surface area (Å²) in [7, 11) is 0. The monoisotopic (exact) mass is 404 g/mol. The molecular formula is C17H13Cl2F3N2O2. The first-order chi connectivity index (χ1) is 12.1. The van der Waals surface area contributed by atoms with E-state index in [0.29, 0.717) is 15.6 Å². The minimum Gasteiger partial charge on any atom is -0.368 e. The summed E-state index contributed by atoms with van der Waals surface area (Å²) in [5.74, 6) is -1.54.